The minimum absolute atomic E-state index is 0.208. The molecule has 0 radical (unpaired) electrons. The fourth-order valence-corrected chi connectivity index (χ4v) is 2.57. The Morgan fingerprint density at radius 1 is 1.50 bits per heavy atom. The number of aryl methyl sites for hydroxylation is 1. The molecule has 0 spiro atoms. The van der Waals surface area contributed by atoms with Crippen LogP contribution in [0.25, 0.3) is 0 Å². The van der Waals surface area contributed by atoms with Crippen molar-refractivity contribution in [1.29, 1.82) is 0 Å². The van der Waals surface area contributed by atoms with Crippen molar-refractivity contribution in [3.8, 4) is 0 Å². The van der Waals surface area contributed by atoms with Crippen molar-refractivity contribution in [2.24, 2.45) is 12.5 Å². The fourth-order valence-electron chi connectivity index (χ4n) is 2.57. The highest BCUT2D eigenvalue weighted by Crippen LogP contribution is 2.45. The van der Waals surface area contributed by atoms with Gasteiger partial charge in [0.05, 0.1) is 6.10 Å². The lowest BCUT2D eigenvalue weighted by molar-refractivity contribution is 0.151. The number of hydrogen-bond acceptors (Lipinski definition) is 2. The first-order valence-corrected chi connectivity index (χ1v) is 5.15. The van der Waals surface area contributed by atoms with Gasteiger partial charge >= 0.3 is 0 Å². The molecule has 2 unspecified atom stereocenters. The minimum atomic E-state index is -0.208. The molecule has 14 heavy (non-hydrogen) atoms. The monoisotopic (exact) mass is 194 g/mol. The van der Waals surface area contributed by atoms with Crippen LogP contribution in [0.5, 0.6) is 0 Å². The highest BCUT2D eigenvalue weighted by molar-refractivity contribution is 5.14. The zero-order valence-corrected chi connectivity index (χ0v) is 9.07. The summed E-state index contributed by atoms with van der Waals surface area (Å²) in [4.78, 5) is 0. The summed E-state index contributed by atoms with van der Waals surface area (Å²) in [6.45, 7) is 4.43. The van der Waals surface area contributed by atoms with Crippen LogP contribution < -0.4 is 0 Å². The molecule has 0 saturated heterocycles. The van der Waals surface area contributed by atoms with Gasteiger partial charge in [0.2, 0.25) is 0 Å². The molecule has 1 heterocycles. The summed E-state index contributed by atoms with van der Waals surface area (Å²) in [5.41, 5.74) is 1.41. The molecule has 1 saturated carbocycles. The molecule has 0 bridgehead atoms. The van der Waals surface area contributed by atoms with E-state index in [-0.39, 0.29) is 17.4 Å². The predicted molar refractivity (Wildman–Crippen MR) is 55.0 cm³/mol. The summed E-state index contributed by atoms with van der Waals surface area (Å²) >= 11 is 0. The maximum atomic E-state index is 9.98. The molecule has 0 amide bonds. The van der Waals surface area contributed by atoms with Gasteiger partial charge in [-0.15, -0.1) is 0 Å². The highest BCUT2D eigenvalue weighted by Gasteiger charge is 2.39. The Labute approximate surface area is 84.7 Å². The molecular formula is C11H18N2O. The van der Waals surface area contributed by atoms with Crippen LogP contribution in [0.1, 0.15) is 38.3 Å². The molecule has 1 aromatic rings. The standard InChI is InChI=1S/C11H18N2O/c1-11(2)6-8(10(14)7-11)9-4-5-12-13(9)3/h4-5,8,10,14H,6-7H2,1-3H3. The van der Waals surface area contributed by atoms with Crippen molar-refractivity contribution in [3.63, 3.8) is 0 Å². The summed E-state index contributed by atoms with van der Waals surface area (Å²) < 4.78 is 1.87. The molecule has 78 valence electrons. The van der Waals surface area contributed by atoms with Crippen LogP contribution in [-0.2, 0) is 7.05 Å². The molecule has 3 heteroatoms. The van der Waals surface area contributed by atoms with Crippen LogP contribution >= 0.6 is 0 Å². The number of aromatic nitrogens is 2. The van der Waals surface area contributed by atoms with Gasteiger partial charge in [0.1, 0.15) is 0 Å². The lowest BCUT2D eigenvalue weighted by Gasteiger charge is -2.16. The minimum Gasteiger partial charge on any atom is -0.392 e. The zero-order chi connectivity index (χ0) is 10.3. The predicted octanol–water partition coefficient (Wildman–Crippen LogP) is 1.68. The molecule has 1 aliphatic carbocycles. The van der Waals surface area contributed by atoms with Gasteiger partial charge in [0.15, 0.2) is 0 Å². The Morgan fingerprint density at radius 3 is 2.64 bits per heavy atom. The average Bonchev–Trinajstić information content (AvgIpc) is 2.55. The van der Waals surface area contributed by atoms with Crippen molar-refractivity contribution >= 4 is 0 Å². The zero-order valence-electron chi connectivity index (χ0n) is 9.07. The molecule has 1 aromatic heterocycles. The van der Waals surface area contributed by atoms with E-state index in [1.165, 1.54) is 0 Å². The molecule has 1 fully saturated rings. The van der Waals surface area contributed by atoms with Gasteiger partial charge in [-0.05, 0) is 24.3 Å². The number of rotatable bonds is 1. The van der Waals surface area contributed by atoms with E-state index in [0.29, 0.717) is 0 Å². The normalized spacial score (nSPS) is 30.9. The number of aliphatic hydroxyl groups excluding tert-OH is 1. The van der Waals surface area contributed by atoms with Gasteiger partial charge in [0, 0.05) is 24.9 Å². The van der Waals surface area contributed by atoms with E-state index in [2.05, 4.69) is 18.9 Å². The summed E-state index contributed by atoms with van der Waals surface area (Å²) in [7, 11) is 1.94. The van der Waals surface area contributed by atoms with E-state index in [4.69, 9.17) is 0 Å². The maximum Gasteiger partial charge on any atom is 0.0629 e. The maximum absolute atomic E-state index is 9.98. The summed E-state index contributed by atoms with van der Waals surface area (Å²) in [5, 5.41) is 14.1. The first-order valence-electron chi connectivity index (χ1n) is 5.15. The molecular weight excluding hydrogens is 176 g/mol. The van der Waals surface area contributed by atoms with E-state index in [1.54, 1.807) is 6.20 Å². The number of nitrogens with zero attached hydrogens (tertiary/aromatic N) is 2. The third-order valence-electron chi connectivity index (χ3n) is 3.24. The molecule has 0 aliphatic heterocycles. The molecule has 0 aromatic carbocycles. The van der Waals surface area contributed by atoms with Crippen LogP contribution in [0, 0.1) is 5.41 Å². The number of hydrogen-bond donors (Lipinski definition) is 1. The third kappa shape index (κ3) is 1.57. The van der Waals surface area contributed by atoms with Crippen LogP contribution in [0.4, 0.5) is 0 Å². The SMILES string of the molecule is Cn1nccc1C1CC(C)(C)CC1O. The summed E-state index contributed by atoms with van der Waals surface area (Å²) in [6, 6.07) is 2.01. The highest BCUT2D eigenvalue weighted by atomic mass is 16.3. The topological polar surface area (TPSA) is 38.0 Å². The van der Waals surface area contributed by atoms with Gasteiger partial charge in [0.25, 0.3) is 0 Å². The first-order chi connectivity index (χ1) is 6.49. The Kier molecular flexibility index (Phi) is 2.14. The van der Waals surface area contributed by atoms with Crippen molar-refractivity contribution < 1.29 is 5.11 Å². The Bertz CT molecular complexity index is 330. The Morgan fingerprint density at radius 2 is 2.21 bits per heavy atom. The molecule has 1 N–H and O–H groups in total. The van der Waals surface area contributed by atoms with E-state index < -0.39 is 0 Å². The lowest BCUT2D eigenvalue weighted by atomic mass is 9.90. The van der Waals surface area contributed by atoms with Gasteiger partial charge in [-0.3, -0.25) is 4.68 Å². The molecule has 1 aliphatic rings. The second kappa shape index (κ2) is 3.09. The van der Waals surface area contributed by atoms with Crippen LogP contribution in [0.2, 0.25) is 0 Å². The smallest absolute Gasteiger partial charge is 0.0629 e. The fraction of sp³-hybridized carbons (Fsp3) is 0.727. The molecule has 2 rings (SSSR count). The van der Waals surface area contributed by atoms with E-state index in [1.807, 2.05) is 17.8 Å². The van der Waals surface area contributed by atoms with E-state index in [0.717, 1.165) is 18.5 Å². The quantitative estimate of drug-likeness (QED) is 0.738. The average molecular weight is 194 g/mol. The number of aliphatic hydroxyl groups is 1. The van der Waals surface area contributed by atoms with Crippen molar-refractivity contribution in [3.05, 3.63) is 18.0 Å². The second-order valence-corrected chi connectivity index (χ2v) is 5.13. The van der Waals surface area contributed by atoms with Gasteiger partial charge < -0.3 is 5.11 Å². The van der Waals surface area contributed by atoms with Crippen LogP contribution in [0.15, 0.2) is 12.3 Å². The van der Waals surface area contributed by atoms with Crippen LogP contribution in [0.3, 0.4) is 0 Å². The van der Waals surface area contributed by atoms with Crippen LogP contribution in [-0.4, -0.2) is 21.0 Å². The molecule has 3 nitrogen and oxygen atoms in total. The Balaban J connectivity index is 2.25. The van der Waals surface area contributed by atoms with Crippen molar-refractivity contribution in [1.82, 2.24) is 9.78 Å². The Hall–Kier alpha value is -0.830. The molecule has 2 atom stereocenters. The summed E-state index contributed by atoms with van der Waals surface area (Å²) in [5.74, 6) is 0.262. The second-order valence-electron chi connectivity index (χ2n) is 5.13. The first kappa shape index (κ1) is 9.71. The van der Waals surface area contributed by atoms with E-state index in [9.17, 15) is 5.11 Å². The van der Waals surface area contributed by atoms with Crippen molar-refractivity contribution in [2.45, 2.75) is 38.7 Å². The van der Waals surface area contributed by atoms with Gasteiger partial charge in [-0.1, -0.05) is 13.8 Å². The third-order valence-corrected chi connectivity index (χ3v) is 3.24. The summed E-state index contributed by atoms with van der Waals surface area (Å²) in [6.07, 6.45) is 3.53. The van der Waals surface area contributed by atoms with Crippen molar-refractivity contribution in [2.75, 3.05) is 0 Å². The van der Waals surface area contributed by atoms with Gasteiger partial charge in [-0.25, -0.2) is 0 Å². The van der Waals surface area contributed by atoms with Gasteiger partial charge in [-0.2, -0.15) is 5.10 Å². The van der Waals surface area contributed by atoms with E-state index >= 15 is 0 Å². The lowest BCUT2D eigenvalue weighted by Crippen LogP contribution is -2.14. The largest absolute Gasteiger partial charge is 0.392 e.